The molecule has 2 nitrogen and oxygen atoms in total. The average molecular weight is 251 g/mol. The molecule has 3 heteroatoms. The first-order valence-electron chi connectivity index (χ1n) is 6.84. The van der Waals surface area contributed by atoms with Gasteiger partial charge in [-0.2, -0.15) is 0 Å². The van der Waals surface area contributed by atoms with Gasteiger partial charge >= 0.3 is 0 Å². The third-order valence-electron chi connectivity index (χ3n) is 3.72. The zero-order valence-corrected chi connectivity index (χ0v) is 11.2. The van der Waals surface area contributed by atoms with Gasteiger partial charge in [-0.15, -0.1) is 0 Å². The van der Waals surface area contributed by atoms with Crippen molar-refractivity contribution in [1.29, 1.82) is 0 Å². The molecule has 1 atom stereocenters. The summed E-state index contributed by atoms with van der Waals surface area (Å²) in [6, 6.07) is 4.90. The van der Waals surface area contributed by atoms with E-state index in [1.54, 1.807) is 12.1 Å². The minimum absolute atomic E-state index is 0.0966. The molecule has 0 spiro atoms. The van der Waals surface area contributed by atoms with E-state index in [4.69, 9.17) is 4.74 Å². The van der Waals surface area contributed by atoms with Crippen LogP contribution in [-0.2, 0) is 0 Å². The van der Waals surface area contributed by atoms with Crippen molar-refractivity contribution in [3.63, 3.8) is 0 Å². The Morgan fingerprint density at radius 2 is 2.00 bits per heavy atom. The first kappa shape index (κ1) is 13.3. The summed E-state index contributed by atoms with van der Waals surface area (Å²) >= 11 is 0. The largest absolute Gasteiger partial charge is 0.490 e. The topological polar surface area (TPSA) is 21.3 Å². The first-order valence-corrected chi connectivity index (χ1v) is 6.84. The van der Waals surface area contributed by atoms with Gasteiger partial charge in [-0.3, -0.25) is 0 Å². The second-order valence-electron chi connectivity index (χ2n) is 5.07. The minimum atomic E-state index is -0.205. The molecule has 1 N–H and O–H groups in total. The zero-order valence-electron chi connectivity index (χ0n) is 11.2. The monoisotopic (exact) mass is 251 g/mol. The van der Waals surface area contributed by atoms with Gasteiger partial charge in [0.25, 0.3) is 0 Å². The minimum Gasteiger partial charge on any atom is -0.490 e. The van der Waals surface area contributed by atoms with Crippen LogP contribution < -0.4 is 10.1 Å². The smallest absolute Gasteiger partial charge is 0.124 e. The highest BCUT2D eigenvalue weighted by Crippen LogP contribution is 2.30. The second-order valence-corrected chi connectivity index (χ2v) is 5.07. The molecular weight excluding hydrogens is 229 g/mol. The summed E-state index contributed by atoms with van der Waals surface area (Å²) in [7, 11) is 1.87. The maximum absolute atomic E-state index is 13.3. The molecule has 2 rings (SSSR count). The SMILES string of the molecule is CNC(C)c1cc(F)ccc1OC1CCCCC1. The van der Waals surface area contributed by atoms with Crippen LogP contribution in [0.3, 0.4) is 0 Å². The van der Waals surface area contributed by atoms with Gasteiger partial charge in [0, 0.05) is 11.6 Å². The molecule has 0 amide bonds. The summed E-state index contributed by atoms with van der Waals surface area (Å²) in [5.41, 5.74) is 0.906. The van der Waals surface area contributed by atoms with Crippen molar-refractivity contribution in [2.75, 3.05) is 7.05 Å². The molecule has 1 aromatic rings. The Balaban J connectivity index is 2.15. The Bertz CT molecular complexity index is 388. The van der Waals surface area contributed by atoms with Gasteiger partial charge in [0.15, 0.2) is 0 Å². The van der Waals surface area contributed by atoms with Crippen molar-refractivity contribution in [3.8, 4) is 5.75 Å². The predicted molar refractivity (Wildman–Crippen MR) is 71.4 cm³/mol. The molecule has 1 unspecified atom stereocenters. The molecule has 1 fully saturated rings. The van der Waals surface area contributed by atoms with E-state index in [9.17, 15) is 4.39 Å². The van der Waals surface area contributed by atoms with Crippen molar-refractivity contribution in [2.24, 2.45) is 0 Å². The highest BCUT2D eigenvalue weighted by molar-refractivity contribution is 5.36. The molecule has 0 aromatic heterocycles. The van der Waals surface area contributed by atoms with E-state index in [2.05, 4.69) is 5.32 Å². The van der Waals surface area contributed by atoms with Crippen LogP contribution >= 0.6 is 0 Å². The van der Waals surface area contributed by atoms with Crippen molar-refractivity contribution in [1.82, 2.24) is 5.32 Å². The van der Waals surface area contributed by atoms with Gasteiger partial charge in [-0.1, -0.05) is 6.42 Å². The highest BCUT2D eigenvalue weighted by atomic mass is 19.1. The molecule has 0 radical (unpaired) electrons. The van der Waals surface area contributed by atoms with E-state index in [-0.39, 0.29) is 11.9 Å². The second kappa shape index (κ2) is 6.19. The molecule has 18 heavy (non-hydrogen) atoms. The van der Waals surface area contributed by atoms with Crippen LogP contribution in [0.5, 0.6) is 5.75 Å². The van der Waals surface area contributed by atoms with E-state index in [0.717, 1.165) is 24.2 Å². The standard InChI is InChI=1S/C15H22FNO/c1-11(17-2)14-10-12(16)8-9-15(14)18-13-6-4-3-5-7-13/h8-11,13,17H,3-7H2,1-2H3. The Morgan fingerprint density at radius 3 is 2.67 bits per heavy atom. The zero-order chi connectivity index (χ0) is 13.0. The third-order valence-corrected chi connectivity index (χ3v) is 3.72. The van der Waals surface area contributed by atoms with Gasteiger partial charge in [0.1, 0.15) is 11.6 Å². The van der Waals surface area contributed by atoms with Crippen LogP contribution in [0, 0.1) is 5.82 Å². The van der Waals surface area contributed by atoms with Crippen molar-refractivity contribution < 1.29 is 9.13 Å². The van der Waals surface area contributed by atoms with E-state index in [1.807, 2.05) is 14.0 Å². The normalized spacial score (nSPS) is 18.6. The number of halogens is 1. The third kappa shape index (κ3) is 3.22. The summed E-state index contributed by atoms with van der Waals surface area (Å²) in [6.45, 7) is 2.02. The molecule has 0 aliphatic heterocycles. The summed E-state index contributed by atoms with van der Waals surface area (Å²) in [4.78, 5) is 0. The van der Waals surface area contributed by atoms with Crippen LogP contribution in [0.25, 0.3) is 0 Å². The molecule has 0 bridgehead atoms. The molecule has 0 heterocycles. The number of ether oxygens (including phenoxy) is 1. The van der Waals surface area contributed by atoms with E-state index < -0.39 is 0 Å². The lowest BCUT2D eigenvalue weighted by Crippen LogP contribution is -2.22. The Labute approximate surface area is 109 Å². The molecule has 1 aromatic carbocycles. The fraction of sp³-hybridized carbons (Fsp3) is 0.600. The van der Waals surface area contributed by atoms with Gasteiger partial charge in [-0.05, 0) is 57.9 Å². The fourth-order valence-electron chi connectivity index (χ4n) is 2.48. The van der Waals surface area contributed by atoms with Gasteiger partial charge in [0.2, 0.25) is 0 Å². The Kier molecular flexibility index (Phi) is 4.59. The lowest BCUT2D eigenvalue weighted by Gasteiger charge is -2.25. The van der Waals surface area contributed by atoms with Gasteiger partial charge in [-0.25, -0.2) is 4.39 Å². The summed E-state index contributed by atoms with van der Waals surface area (Å²) in [5, 5.41) is 3.14. The number of hydrogen-bond acceptors (Lipinski definition) is 2. The van der Waals surface area contributed by atoms with Crippen molar-refractivity contribution >= 4 is 0 Å². The lowest BCUT2D eigenvalue weighted by molar-refractivity contribution is 0.152. The summed E-state index contributed by atoms with van der Waals surface area (Å²) in [5.74, 6) is 0.619. The van der Waals surface area contributed by atoms with E-state index in [1.165, 1.54) is 25.3 Å². The fourth-order valence-corrected chi connectivity index (χ4v) is 2.48. The van der Waals surface area contributed by atoms with Crippen molar-refractivity contribution in [2.45, 2.75) is 51.2 Å². The molecule has 1 aliphatic rings. The van der Waals surface area contributed by atoms with Crippen molar-refractivity contribution in [3.05, 3.63) is 29.6 Å². The van der Waals surface area contributed by atoms with E-state index in [0.29, 0.717) is 6.10 Å². The summed E-state index contributed by atoms with van der Waals surface area (Å²) in [6.07, 6.45) is 6.32. The Morgan fingerprint density at radius 1 is 1.28 bits per heavy atom. The lowest BCUT2D eigenvalue weighted by atomic mass is 9.97. The van der Waals surface area contributed by atoms with Crippen LogP contribution in [-0.4, -0.2) is 13.2 Å². The Hall–Kier alpha value is -1.09. The maximum Gasteiger partial charge on any atom is 0.124 e. The average Bonchev–Trinajstić information content (AvgIpc) is 2.41. The van der Waals surface area contributed by atoms with Gasteiger partial charge < -0.3 is 10.1 Å². The number of nitrogens with one attached hydrogen (secondary N) is 1. The number of rotatable bonds is 4. The molecule has 1 saturated carbocycles. The van der Waals surface area contributed by atoms with Crippen LogP contribution in [0.4, 0.5) is 4.39 Å². The highest BCUT2D eigenvalue weighted by Gasteiger charge is 2.18. The first-order chi connectivity index (χ1) is 8.70. The van der Waals surface area contributed by atoms with Gasteiger partial charge in [0.05, 0.1) is 6.10 Å². The maximum atomic E-state index is 13.3. The molecule has 100 valence electrons. The molecule has 0 saturated heterocycles. The summed E-state index contributed by atoms with van der Waals surface area (Å²) < 4.78 is 19.4. The molecular formula is C15H22FNO. The predicted octanol–water partition coefficient (Wildman–Crippen LogP) is 3.82. The van der Waals surface area contributed by atoms with E-state index >= 15 is 0 Å². The van der Waals surface area contributed by atoms with Crippen LogP contribution in [0.1, 0.15) is 50.6 Å². The van der Waals surface area contributed by atoms with Crippen LogP contribution in [0.15, 0.2) is 18.2 Å². The quantitative estimate of drug-likeness (QED) is 0.878. The number of benzene rings is 1. The molecule has 1 aliphatic carbocycles. The number of hydrogen-bond donors (Lipinski definition) is 1. The van der Waals surface area contributed by atoms with Crippen LogP contribution in [0.2, 0.25) is 0 Å².